The monoisotopic (exact) mass is 507 g/mol. The summed E-state index contributed by atoms with van der Waals surface area (Å²) in [6.07, 6.45) is 1.75. The Balaban J connectivity index is 1.25. The number of piperazine rings is 1. The molecule has 0 radical (unpaired) electrons. The average Bonchev–Trinajstić information content (AvgIpc) is 3.48. The average molecular weight is 508 g/mol. The molecule has 3 N–H and O–H groups in total. The van der Waals surface area contributed by atoms with E-state index in [1.165, 1.54) is 0 Å². The zero-order valence-electron chi connectivity index (χ0n) is 19.5. The van der Waals surface area contributed by atoms with Crippen LogP contribution in [0.15, 0.2) is 67.9 Å². The van der Waals surface area contributed by atoms with Gasteiger partial charge in [0, 0.05) is 32.4 Å². The van der Waals surface area contributed by atoms with Crippen LogP contribution in [0.5, 0.6) is 5.75 Å². The van der Waals surface area contributed by atoms with Gasteiger partial charge in [-0.25, -0.2) is 9.19 Å². The summed E-state index contributed by atoms with van der Waals surface area (Å²) in [6.45, 7) is 4.46. The number of hydrogen-bond donors (Lipinski definition) is 3. The van der Waals surface area contributed by atoms with E-state index in [9.17, 15) is 14.1 Å². The lowest BCUT2D eigenvalue weighted by atomic mass is 10.1. The number of phenolic OH excluding ortho intramolecular Hbond substituents is 1. The van der Waals surface area contributed by atoms with Gasteiger partial charge in [0.15, 0.2) is 17.4 Å². The van der Waals surface area contributed by atoms with Gasteiger partial charge in [-0.3, -0.25) is 4.79 Å². The lowest BCUT2D eigenvalue weighted by Crippen LogP contribution is -2.49. The van der Waals surface area contributed by atoms with E-state index in [-0.39, 0.29) is 34.6 Å². The fraction of sp³-hybridized carbons (Fsp3) is 0.250. The van der Waals surface area contributed by atoms with E-state index in [0.29, 0.717) is 38.5 Å². The van der Waals surface area contributed by atoms with Gasteiger partial charge in [-0.05, 0) is 43.3 Å². The summed E-state index contributed by atoms with van der Waals surface area (Å²) in [5, 5.41) is 16.9. The summed E-state index contributed by atoms with van der Waals surface area (Å²) in [5.41, 5.74) is 0.428. The van der Waals surface area contributed by atoms with E-state index in [2.05, 4.69) is 29.3 Å². The maximum atomic E-state index is 13.2. The number of carbonyl (C=O) groups is 1. The van der Waals surface area contributed by atoms with Crippen LogP contribution >= 0.6 is 0 Å². The minimum Gasteiger partial charge on any atom is -0.505 e. The summed E-state index contributed by atoms with van der Waals surface area (Å²) >= 11 is -1.80. The molecular formula is C24H25N7O4S. The second-order valence-electron chi connectivity index (χ2n) is 8.27. The first-order chi connectivity index (χ1) is 17.5. The van der Waals surface area contributed by atoms with E-state index in [4.69, 9.17) is 4.42 Å². The third-order valence-corrected chi connectivity index (χ3v) is 6.53. The smallest absolute Gasteiger partial charge is 0.269 e. The third kappa shape index (κ3) is 5.08. The lowest BCUT2D eigenvalue weighted by Gasteiger charge is -2.35. The van der Waals surface area contributed by atoms with Crippen LogP contribution in [0, 0.1) is 6.92 Å². The maximum absolute atomic E-state index is 13.2. The van der Waals surface area contributed by atoms with Crippen molar-refractivity contribution in [2.75, 3.05) is 36.4 Å². The molecule has 2 aliphatic heterocycles. The molecular weight excluding hydrogens is 482 g/mol. The number of benzene rings is 1. The van der Waals surface area contributed by atoms with Crippen molar-refractivity contribution < 1.29 is 18.5 Å². The molecule has 186 valence electrons. The topological polar surface area (TPSA) is 136 Å². The number of aromatic nitrogens is 1. The highest BCUT2D eigenvalue weighted by atomic mass is 32.2. The molecule has 1 unspecified atom stereocenters. The van der Waals surface area contributed by atoms with Gasteiger partial charge in [-0.2, -0.15) is 0 Å². The fourth-order valence-corrected chi connectivity index (χ4v) is 4.64. The summed E-state index contributed by atoms with van der Waals surface area (Å²) in [7, 11) is 0. The Labute approximate surface area is 210 Å². The molecule has 1 amide bonds. The zero-order valence-corrected chi connectivity index (χ0v) is 20.4. The minimum atomic E-state index is -1.80. The number of nitrogens with one attached hydrogen (secondary N) is 2. The number of aromatic hydroxyl groups is 1. The number of para-hydroxylation sites is 1. The number of amides is 1. The molecule has 0 saturated carbocycles. The first kappa shape index (κ1) is 23.5. The van der Waals surface area contributed by atoms with Crippen LogP contribution in [0.2, 0.25) is 0 Å². The van der Waals surface area contributed by atoms with Gasteiger partial charge in [0.1, 0.15) is 17.3 Å². The zero-order chi connectivity index (χ0) is 25.1. The number of hydrogen-bond acceptors (Lipinski definition) is 8. The van der Waals surface area contributed by atoms with Gasteiger partial charge >= 0.3 is 0 Å². The Morgan fingerprint density at radius 3 is 2.58 bits per heavy atom. The van der Waals surface area contributed by atoms with Crippen molar-refractivity contribution in [1.82, 2.24) is 15.2 Å². The van der Waals surface area contributed by atoms with Crippen molar-refractivity contribution >= 4 is 40.3 Å². The largest absolute Gasteiger partial charge is 0.505 e. The Kier molecular flexibility index (Phi) is 6.67. The Morgan fingerprint density at radius 1 is 1.06 bits per heavy atom. The summed E-state index contributed by atoms with van der Waals surface area (Å²) < 4.78 is 25.5. The lowest BCUT2D eigenvalue weighted by molar-refractivity contribution is 0.0743. The van der Waals surface area contributed by atoms with Crippen LogP contribution in [-0.4, -0.2) is 63.0 Å². The number of aryl methyl sites for hydroxylation is 1. The number of amidine groups is 2. The molecule has 11 nitrogen and oxygen atoms in total. The summed E-state index contributed by atoms with van der Waals surface area (Å²) in [6, 6.07) is 14.3. The van der Waals surface area contributed by atoms with E-state index in [1.54, 1.807) is 29.3 Å². The number of anilines is 2. The van der Waals surface area contributed by atoms with Crippen molar-refractivity contribution in [2.24, 2.45) is 8.80 Å². The molecule has 0 spiro atoms. The summed E-state index contributed by atoms with van der Waals surface area (Å²) in [4.78, 5) is 21.4. The SMILES string of the molecule is Cc1ccc(CNC2=NS(=O)N=C2Nc2cccc(C(=O)N3CCN(c4ccccn4)CC3)c2O)o1. The van der Waals surface area contributed by atoms with Crippen LogP contribution in [-0.2, 0) is 17.7 Å². The van der Waals surface area contributed by atoms with Crippen LogP contribution in [0.3, 0.4) is 0 Å². The first-order valence-electron chi connectivity index (χ1n) is 11.4. The fourth-order valence-electron chi connectivity index (χ4n) is 4.01. The van der Waals surface area contributed by atoms with E-state index in [1.807, 2.05) is 37.3 Å². The number of rotatable bonds is 5. The normalized spacial score (nSPS) is 17.5. The van der Waals surface area contributed by atoms with Gasteiger partial charge in [-0.15, -0.1) is 8.80 Å². The number of nitrogens with zero attached hydrogens (tertiary/aromatic N) is 5. The number of phenols is 1. The Morgan fingerprint density at radius 2 is 1.86 bits per heavy atom. The van der Waals surface area contributed by atoms with Crippen molar-refractivity contribution in [2.45, 2.75) is 13.5 Å². The van der Waals surface area contributed by atoms with Crippen LogP contribution in [0.1, 0.15) is 21.9 Å². The minimum absolute atomic E-state index is 0.170. The summed E-state index contributed by atoms with van der Waals surface area (Å²) in [5.74, 6) is 2.32. The molecule has 0 bridgehead atoms. The van der Waals surface area contributed by atoms with Crippen LogP contribution in [0.4, 0.5) is 11.5 Å². The van der Waals surface area contributed by atoms with Gasteiger partial charge in [-0.1, -0.05) is 12.1 Å². The molecule has 2 aliphatic rings. The van der Waals surface area contributed by atoms with E-state index < -0.39 is 11.2 Å². The first-order valence-corrected chi connectivity index (χ1v) is 12.5. The van der Waals surface area contributed by atoms with Gasteiger partial charge in [0.25, 0.3) is 17.1 Å². The molecule has 12 heteroatoms. The van der Waals surface area contributed by atoms with Crippen LogP contribution < -0.4 is 15.5 Å². The number of pyridine rings is 1. The Bertz CT molecular complexity index is 1350. The molecule has 3 aromatic rings. The van der Waals surface area contributed by atoms with Crippen molar-refractivity contribution in [3.05, 3.63) is 71.8 Å². The molecule has 1 atom stereocenters. The highest BCUT2D eigenvalue weighted by molar-refractivity contribution is 7.83. The molecule has 0 aliphatic carbocycles. The third-order valence-electron chi connectivity index (χ3n) is 5.85. The van der Waals surface area contributed by atoms with Gasteiger partial charge < -0.3 is 30.0 Å². The van der Waals surface area contributed by atoms with Gasteiger partial charge in [0.2, 0.25) is 0 Å². The predicted molar refractivity (Wildman–Crippen MR) is 137 cm³/mol. The van der Waals surface area contributed by atoms with Gasteiger partial charge in [0.05, 0.1) is 17.8 Å². The molecule has 1 saturated heterocycles. The second-order valence-corrected chi connectivity index (χ2v) is 9.10. The van der Waals surface area contributed by atoms with Crippen molar-refractivity contribution in [1.29, 1.82) is 0 Å². The van der Waals surface area contributed by atoms with Crippen LogP contribution in [0.25, 0.3) is 0 Å². The molecule has 1 aromatic carbocycles. The predicted octanol–water partition coefficient (Wildman–Crippen LogP) is 2.24. The van der Waals surface area contributed by atoms with Crippen molar-refractivity contribution in [3.8, 4) is 5.75 Å². The van der Waals surface area contributed by atoms with E-state index in [0.717, 1.165) is 11.6 Å². The Hall–Kier alpha value is -4.19. The molecule has 2 aromatic heterocycles. The molecule has 4 heterocycles. The van der Waals surface area contributed by atoms with E-state index >= 15 is 0 Å². The maximum Gasteiger partial charge on any atom is 0.269 e. The second kappa shape index (κ2) is 10.2. The highest BCUT2D eigenvalue weighted by Crippen LogP contribution is 2.29. The highest BCUT2D eigenvalue weighted by Gasteiger charge is 2.26. The standard InChI is InChI=1S/C24H25N7O4S/c1-16-8-9-17(35-16)15-26-22-23(29-36(34)28-22)27-19-6-4-5-18(21(19)32)24(33)31-13-11-30(12-14-31)20-7-2-3-10-25-20/h2-10,32H,11-15H2,1H3,(H,26,28)(H,27,29). The number of furan rings is 1. The van der Waals surface area contributed by atoms with Crippen molar-refractivity contribution in [3.63, 3.8) is 0 Å². The molecule has 5 rings (SSSR count). The molecule has 36 heavy (non-hydrogen) atoms. The molecule has 1 fully saturated rings. The quantitative estimate of drug-likeness (QED) is 0.448. The number of carbonyl (C=O) groups excluding carboxylic acids is 1.